The first-order chi connectivity index (χ1) is 11.1. The third-order valence-electron chi connectivity index (χ3n) is 2.67. The van der Waals surface area contributed by atoms with Crippen LogP contribution in [0.3, 0.4) is 0 Å². The smallest absolute Gasteiger partial charge is 0.269 e. The van der Waals surface area contributed by atoms with Crippen LogP contribution in [0.1, 0.15) is 16.1 Å². The van der Waals surface area contributed by atoms with Crippen LogP contribution >= 0.6 is 0 Å². The average Bonchev–Trinajstić information content (AvgIpc) is 3.06. The molecule has 0 aliphatic carbocycles. The van der Waals surface area contributed by atoms with Crippen LogP contribution < -0.4 is 10.7 Å². The van der Waals surface area contributed by atoms with Crippen LogP contribution in [0.25, 0.3) is 0 Å². The van der Waals surface area contributed by atoms with Gasteiger partial charge in [0.2, 0.25) is 0 Å². The number of rotatable bonds is 6. The minimum Gasteiger partial charge on any atom is -0.463 e. The highest BCUT2D eigenvalue weighted by Crippen LogP contribution is 2.11. The summed E-state index contributed by atoms with van der Waals surface area (Å²) in [5.41, 5.74) is 2.31. The summed E-state index contributed by atoms with van der Waals surface area (Å²) >= 11 is 0. The molecular formula is C14H12N4O5. The molecular weight excluding hydrogens is 304 g/mol. The predicted molar refractivity (Wildman–Crippen MR) is 79.9 cm³/mol. The highest BCUT2D eigenvalue weighted by Gasteiger charge is 2.10. The van der Waals surface area contributed by atoms with E-state index in [0.717, 1.165) is 0 Å². The number of furan rings is 1. The Morgan fingerprint density at radius 3 is 2.61 bits per heavy atom. The van der Waals surface area contributed by atoms with Crippen molar-refractivity contribution in [3.05, 3.63) is 64.1 Å². The third-order valence-corrected chi connectivity index (χ3v) is 2.67. The molecule has 0 aliphatic rings. The van der Waals surface area contributed by atoms with Gasteiger partial charge in [0.25, 0.3) is 17.5 Å². The van der Waals surface area contributed by atoms with Crippen LogP contribution in [0.4, 0.5) is 5.69 Å². The normalized spacial score (nSPS) is 10.4. The Morgan fingerprint density at radius 2 is 2.00 bits per heavy atom. The number of amides is 2. The number of non-ortho nitro benzene ring substituents is 1. The van der Waals surface area contributed by atoms with Crippen molar-refractivity contribution in [2.24, 2.45) is 5.10 Å². The van der Waals surface area contributed by atoms with Gasteiger partial charge < -0.3 is 9.73 Å². The molecule has 118 valence electrons. The minimum absolute atomic E-state index is 0.119. The first-order valence-electron chi connectivity index (χ1n) is 6.44. The van der Waals surface area contributed by atoms with E-state index < -0.39 is 16.7 Å². The molecule has 9 heteroatoms. The Bertz CT molecular complexity index is 722. The highest BCUT2D eigenvalue weighted by atomic mass is 16.6. The molecule has 0 bridgehead atoms. The highest BCUT2D eigenvalue weighted by molar-refractivity contribution is 5.96. The van der Waals surface area contributed by atoms with Gasteiger partial charge in [0.1, 0.15) is 5.76 Å². The Balaban J connectivity index is 1.79. The zero-order valence-corrected chi connectivity index (χ0v) is 11.8. The summed E-state index contributed by atoms with van der Waals surface area (Å²) in [4.78, 5) is 33.2. The molecule has 1 aromatic carbocycles. The van der Waals surface area contributed by atoms with Crippen LogP contribution in [-0.2, 0) is 4.79 Å². The molecule has 0 atom stereocenters. The molecule has 0 saturated carbocycles. The number of benzene rings is 1. The van der Waals surface area contributed by atoms with Gasteiger partial charge in [-0.15, -0.1) is 0 Å². The van der Waals surface area contributed by atoms with Gasteiger partial charge in [-0.2, -0.15) is 5.10 Å². The number of hydrazone groups is 1. The lowest BCUT2D eigenvalue weighted by atomic mass is 10.2. The predicted octanol–water partition coefficient (Wildman–Crippen LogP) is 1.07. The molecule has 0 saturated heterocycles. The second-order valence-electron chi connectivity index (χ2n) is 4.30. The molecule has 9 nitrogen and oxygen atoms in total. The summed E-state index contributed by atoms with van der Waals surface area (Å²) in [5.74, 6) is -0.576. The van der Waals surface area contributed by atoms with Gasteiger partial charge in [-0.1, -0.05) is 0 Å². The molecule has 2 N–H and O–H groups in total. The van der Waals surface area contributed by atoms with Gasteiger partial charge in [-0.05, 0) is 24.3 Å². The van der Waals surface area contributed by atoms with Gasteiger partial charge in [0, 0.05) is 17.7 Å². The maximum absolute atomic E-state index is 11.8. The number of carbonyl (C=O) groups excluding carboxylic acids is 2. The topological polar surface area (TPSA) is 127 Å². The van der Waals surface area contributed by atoms with Gasteiger partial charge in [0.15, 0.2) is 0 Å². The summed E-state index contributed by atoms with van der Waals surface area (Å²) in [6.07, 6.45) is 2.78. The molecule has 0 radical (unpaired) electrons. The Morgan fingerprint density at radius 1 is 1.26 bits per heavy atom. The van der Waals surface area contributed by atoms with Crippen molar-refractivity contribution in [1.29, 1.82) is 0 Å². The van der Waals surface area contributed by atoms with E-state index in [1.165, 1.54) is 36.7 Å². The van der Waals surface area contributed by atoms with Crippen molar-refractivity contribution in [2.45, 2.75) is 0 Å². The van der Waals surface area contributed by atoms with E-state index in [9.17, 15) is 19.7 Å². The first kappa shape index (κ1) is 15.9. The van der Waals surface area contributed by atoms with Crippen LogP contribution in [0.2, 0.25) is 0 Å². The van der Waals surface area contributed by atoms with E-state index in [1.54, 1.807) is 12.1 Å². The molecule has 23 heavy (non-hydrogen) atoms. The van der Waals surface area contributed by atoms with Gasteiger partial charge in [0.05, 0.1) is 23.9 Å². The maximum atomic E-state index is 11.8. The Kier molecular flexibility index (Phi) is 5.18. The molecule has 2 aromatic rings. The number of nitro benzene ring substituents is 1. The standard InChI is InChI=1S/C14H12N4O5/c19-13(17-16-8-12-2-1-7-23-12)9-15-14(20)10-3-5-11(6-4-10)18(21)22/h1-8H,9H2,(H,15,20)(H,17,19)/b16-8+. The van der Waals surface area contributed by atoms with Crippen molar-refractivity contribution in [3.63, 3.8) is 0 Å². The summed E-state index contributed by atoms with van der Waals surface area (Å²) in [5, 5.41) is 16.5. The van der Waals surface area contributed by atoms with E-state index >= 15 is 0 Å². The van der Waals surface area contributed by atoms with Gasteiger partial charge >= 0.3 is 0 Å². The summed E-state index contributed by atoms with van der Waals surface area (Å²) < 4.78 is 4.98. The quantitative estimate of drug-likeness (QED) is 0.468. The van der Waals surface area contributed by atoms with Gasteiger partial charge in [-0.25, -0.2) is 5.43 Å². The van der Waals surface area contributed by atoms with Crippen molar-refractivity contribution in [1.82, 2.24) is 10.7 Å². The van der Waals surface area contributed by atoms with Crippen molar-refractivity contribution >= 4 is 23.7 Å². The summed E-state index contributed by atoms with van der Waals surface area (Å²) in [7, 11) is 0. The number of hydrogen-bond acceptors (Lipinski definition) is 6. The fraction of sp³-hybridized carbons (Fsp3) is 0.0714. The molecule has 0 fully saturated rings. The van der Waals surface area contributed by atoms with Crippen molar-refractivity contribution in [2.75, 3.05) is 6.54 Å². The van der Waals surface area contributed by atoms with Crippen LogP contribution in [-0.4, -0.2) is 29.5 Å². The zero-order chi connectivity index (χ0) is 16.7. The van der Waals surface area contributed by atoms with Crippen LogP contribution in [0.15, 0.2) is 52.2 Å². The molecule has 2 rings (SSSR count). The molecule has 2 amide bonds. The molecule has 0 unspecified atom stereocenters. The molecule has 0 aliphatic heterocycles. The van der Waals surface area contributed by atoms with E-state index in [2.05, 4.69) is 15.8 Å². The average molecular weight is 316 g/mol. The van der Waals surface area contributed by atoms with E-state index in [-0.39, 0.29) is 17.8 Å². The lowest BCUT2D eigenvalue weighted by Crippen LogP contribution is -2.34. The number of nitrogens with one attached hydrogen (secondary N) is 2. The second-order valence-corrected chi connectivity index (χ2v) is 4.30. The van der Waals surface area contributed by atoms with E-state index in [0.29, 0.717) is 5.76 Å². The third kappa shape index (κ3) is 4.77. The fourth-order valence-corrected chi connectivity index (χ4v) is 1.57. The number of carbonyl (C=O) groups is 2. The maximum Gasteiger partial charge on any atom is 0.269 e. The largest absolute Gasteiger partial charge is 0.463 e. The second kappa shape index (κ2) is 7.50. The Hall–Kier alpha value is -3.49. The minimum atomic E-state index is -0.563. The SMILES string of the molecule is O=C(CNC(=O)c1ccc([N+](=O)[O-])cc1)N/N=C/c1ccco1. The number of hydrogen-bond donors (Lipinski definition) is 2. The number of nitrogens with zero attached hydrogens (tertiary/aromatic N) is 2. The lowest BCUT2D eigenvalue weighted by Gasteiger charge is -2.03. The van der Waals surface area contributed by atoms with Crippen molar-refractivity contribution < 1.29 is 18.9 Å². The van der Waals surface area contributed by atoms with Crippen LogP contribution in [0, 0.1) is 10.1 Å². The fourth-order valence-electron chi connectivity index (χ4n) is 1.57. The van der Waals surface area contributed by atoms with Crippen LogP contribution in [0.5, 0.6) is 0 Å². The monoisotopic (exact) mass is 316 g/mol. The number of nitro groups is 1. The molecule has 1 aromatic heterocycles. The molecule has 0 spiro atoms. The van der Waals surface area contributed by atoms with E-state index in [1.807, 2.05) is 0 Å². The Labute approximate surface area is 130 Å². The lowest BCUT2D eigenvalue weighted by molar-refractivity contribution is -0.384. The van der Waals surface area contributed by atoms with E-state index in [4.69, 9.17) is 4.42 Å². The first-order valence-corrected chi connectivity index (χ1v) is 6.44. The zero-order valence-electron chi connectivity index (χ0n) is 11.8. The summed E-state index contributed by atoms with van der Waals surface area (Å²) in [6, 6.07) is 8.37. The van der Waals surface area contributed by atoms with Crippen molar-refractivity contribution in [3.8, 4) is 0 Å². The molecule has 1 heterocycles. The summed E-state index contributed by atoms with van der Waals surface area (Å²) in [6.45, 7) is -0.286. The van der Waals surface area contributed by atoms with Gasteiger partial charge in [-0.3, -0.25) is 19.7 Å².